The summed E-state index contributed by atoms with van der Waals surface area (Å²) < 4.78 is 5.98. The predicted octanol–water partition coefficient (Wildman–Crippen LogP) is 4.31. The first-order valence-corrected chi connectivity index (χ1v) is 7.52. The topological polar surface area (TPSA) is 21.3 Å². The number of fused-ring (bicyclic) bond motifs is 1. The molecule has 0 heterocycles. The maximum atomic E-state index is 5.98. The minimum absolute atomic E-state index is 0.236. The van der Waals surface area contributed by atoms with Crippen molar-refractivity contribution >= 4 is 10.8 Å². The number of nitrogens with one attached hydrogen (secondary N) is 1. The summed E-state index contributed by atoms with van der Waals surface area (Å²) in [5, 5.41) is 5.97. The van der Waals surface area contributed by atoms with Gasteiger partial charge in [-0.05, 0) is 36.7 Å². The van der Waals surface area contributed by atoms with E-state index in [-0.39, 0.29) is 6.04 Å². The second-order valence-corrected chi connectivity index (χ2v) is 5.34. The Balaban J connectivity index is 2.17. The molecule has 0 amide bonds. The quantitative estimate of drug-likeness (QED) is 0.810. The standard InChI is InChI=1S/C18H25NO/c1-4-8-14(2)20-13-18(19-3)17-12-7-10-15-9-5-6-11-16(15)17/h5-7,9-12,14,18-19H,4,8,13H2,1-3H3. The van der Waals surface area contributed by atoms with Gasteiger partial charge in [-0.3, -0.25) is 0 Å². The lowest BCUT2D eigenvalue weighted by molar-refractivity contribution is 0.0455. The highest BCUT2D eigenvalue weighted by Gasteiger charge is 2.13. The molecule has 2 heteroatoms. The molecule has 0 aliphatic rings. The molecule has 2 nitrogen and oxygen atoms in total. The van der Waals surface area contributed by atoms with Gasteiger partial charge in [0.25, 0.3) is 0 Å². The molecule has 0 saturated heterocycles. The van der Waals surface area contributed by atoms with Gasteiger partial charge >= 0.3 is 0 Å². The van der Waals surface area contributed by atoms with E-state index >= 15 is 0 Å². The van der Waals surface area contributed by atoms with Crippen molar-refractivity contribution in [3.63, 3.8) is 0 Å². The van der Waals surface area contributed by atoms with Gasteiger partial charge in [0.05, 0.1) is 18.8 Å². The van der Waals surface area contributed by atoms with Crippen molar-refractivity contribution in [3.8, 4) is 0 Å². The Kier molecular flexibility index (Phi) is 5.57. The van der Waals surface area contributed by atoms with E-state index in [4.69, 9.17) is 4.74 Å². The van der Waals surface area contributed by atoms with Crippen molar-refractivity contribution in [1.29, 1.82) is 0 Å². The number of benzene rings is 2. The van der Waals surface area contributed by atoms with Crippen molar-refractivity contribution in [2.45, 2.75) is 38.8 Å². The lowest BCUT2D eigenvalue weighted by Gasteiger charge is -2.21. The third kappa shape index (κ3) is 3.59. The molecule has 0 fully saturated rings. The fourth-order valence-corrected chi connectivity index (χ4v) is 2.63. The molecule has 2 atom stereocenters. The van der Waals surface area contributed by atoms with Crippen molar-refractivity contribution in [3.05, 3.63) is 48.0 Å². The Morgan fingerprint density at radius 3 is 2.60 bits per heavy atom. The smallest absolute Gasteiger partial charge is 0.0665 e. The van der Waals surface area contributed by atoms with Crippen molar-refractivity contribution in [1.82, 2.24) is 5.32 Å². The predicted molar refractivity (Wildman–Crippen MR) is 86.1 cm³/mol. The number of hydrogen-bond donors (Lipinski definition) is 1. The lowest BCUT2D eigenvalue weighted by Crippen LogP contribution is -2.24. The highest BCUT2D eigenvalue weighted by Crippen LogP contribution is 2.24. The van der Waals surface area contributed by atoms with Crippen LogP contribution in [0.2, 0.25) is 0 Å². The second-order valence-electron chi connectivity index (χ2n) is 5.34. The van der Waals surface area contributed by atoms with Gasteiger partial charge in [0.1, 0.15) is 0 Å². The average molecular weight is 271 g/mol. The van der Waals surface area contributed by atoms with E-state index in [0.717, 1.165) is 6.42 Å². The zero-order valence-electron chi connectivity index (χ0n) is 12.7. The SMILES string of the molecule is CCCC(C)OCC(NC)c1cccc2ccccc12. The van der Waals surface area contributed by atoms with Gasteiger partial charge in [-0.25, -0.2) is 0 Å². The minimum Gasteiger partial charge on any atom is -0.377 e. The van der Waals surface area contributed by atoms with Gasteiger partial charge in [0.2, 0.25) is 0 Å². The monoisotopic (exact) mass is 271 g/mol. The summed E-state index contributed by atoms with van der Waals surface area (Å²) in [4.78, 5) is 0. The number of rotatable bonds is 7. The van der Waals surface area contributed by atoms with Crippen LogP contribution in [0.3, 0.4) is 0 Å². The van der Waals surface area contributed by atoms with Crippen molar-refractivity contribution in [2.75, 3.05) is 13.7 Å². The number of hydrogen-bond acceptors (Lipinski definition) is 2. The molecule has 0 aromatic heterocycles. The maximum Gasteiger partial charge on any atom is 0.0665 e. The van der Waals surface area contributed by atoms with Crippen LogP contribution in [0, 0.1) is 0 Å². The third-order valence-corrected chi connectivity index (χ3v) is 3.79. The Morgan fingerprint density at radius 2 is 1.85 bits per heavy atom. The van der Waals surface area contributed by atoms with E-state index in [1.165, 1.54) is 22.8 Å². The van der Waals surface area contributed by atoms with Gasteiger partial charge in [-0.2, -0.15) is 0 Å². The van der Waals surface area contributed by atoms with Crippen LogP contribution in [0.15, 0.2) is 42.5 Å². The fraction of sp³-hybridized carbons (Fsp3) is 0.444. The summed E-state index contributed by atoms with van der Waals surface area (Å²) in [7, 11) is 2.00. The molecule has 2 aromatic rings. The number of likely N-dealkylation sites (N-methyl/N-ethyl adjacent to an activating group) is 1. The van der Waals surface area contributed by atoms with E-state index in [2.05, 4.69) is 61.6 Å². The maximum absolute atomic E-state index is 5.98. The average Bonchev–Trinajstić information content (AvgIpc) is 2.48. The highest BCUT2D eigenvalue weighted by molar-refractivity contribution is 5.86. The lowest BCUT2D eigenvalue weighted by atomic mass is 9.99. The zero-order chi connectivity index (χ0) is 14.4. The zero-order valence-corrected chi connectivity index (χ0v) is 12.7. The van der Waals surface area contributed by atoms with Gasteiger partial charge < -0.3 is 10.1 Å². The van der Waals surface area contributed by atoms with Crippen molar-refractivity contribution < 1.29 is 4.74 Å². The Bertz CT molecular complexity index is 532. The fourth-order valence-electron chi connectivity index (χ4n) is 2.63. The van der Waals surface area contributed by atoms with Gasteiger partial charge in [0.15, 0.2) is 0 Å². The van der Waals surface area contributed by atoms with Crippen LogP contribution in [0.5, 0.6) is 0 Å². The molecule has 0 aliphatic carbocycles. The van der Waals surface area contributed by atoms with Crippen LogP contribution in [-0.2, 0) is 4.74 Å². The molecule has 0 saturated carbocycles. The second kappa shape index (κ2) is 7.41. The van der Waals surface area contributed by atoms with Gasteiger partial charge in [-0.1, -0.05) is 55.8 Å². The molecule has 108 valence electrons. The first-order valence-electron chi connectivity index (χ1n) is 7.52. The Hall–Kier alpha value is -1.38. The van der Waals surface area contributed by atoms with Crippen LogP contribution >= 0.6 is 0 Å². The van der Waals surface area contributed by atoms with E-state index in [0.29, 0.717) is 12.7 Å². The first kappa shape index (κ1) is 15.0. The summed E-state index contributed by atoms with van der Waals surface area (Å²) in [5.74, 6) is 0. The first-order chi connectivity index (χ1) is 9.76. The number of ether oxygens (including phenoxy) is 1. The molecule has 0 aliphatic heterocycles. The summed E-state index contributed by atoms with van der Waals surface area (Å²) in [6.45, 7) is 5.06. The summed E-state index contributed by atoms with van der Waals surface area (Å²) in [5.41, 5.74) is 1.31. The van der Waals surface area contributed by atoms with Crippen molar-refractivity contribution in [2.24, 2.45) is 0 Å². The normalized spacial score (nSPS) is 14.3. The molecule has 0 bridgehead atoms. The molecular formula is C18H25NO. The van der Waals surface area contributed by atoms with Crippen LogP contribution < -0.4 is 5.32 Å². The van der Waals surface area contributed by atoms with E-state index < -0.39 is 0 Å². The molecule has 0 radical (unpaired) electrons. The highest BCUT2D eigenvalue weighted by atomic mass is 16.5. The molecule has 2 unspecified atom stereocenters. The van der Waals surface area contributed by atoms with Crippen LogP contribution in [-0.4, -0.2) is 19.8 Å². The molecule has 2 aromatic carbocycles. The molecule has 1 N–H and O–H groups in total. The van der Waals surface area contributed by atoms with Gasteiger partial charge in [0, 0.05) is 0 Å². The molecule has 0 spiro atoms. The van der Waals surface area contributed by atoms with Gasteiger partial charge in [-0.15, -0.1) is 0 Å². The summed E-state index contributed by atoms with van der Waals surface area (Å²) >= 11 is 0. The third-order valence-electron chi connectivity index (χ3n) is 3.79. The van der Waals surface area contributed by atoms with E-state index in [1.54, 1.807) is 0 Å². The molecule has 2 rings (SSSR count). The minimum atomic E-state index is 0.236. The van der Waals surface area contributed by atoms with Crippen LogP contribution in [0.25, 0.3) is 10.8 Å². The van der Waals surface area contributed by atoms with Crippen LogP contribution in [0.1, 0.15) is 38.3 Å². The Morgan fingerprint density at radius 1 is 1.10 bits per heavy atom. The summed E-state index contributed by atoms with van der Waals surface area (Å²) in [6.07, 6.45) is 2.61. The Labute approximate surface area is 122 Å². The van der Waals surface area contributed by atoms with Crippen LogP contribution in [0.4, 0.5) is 0 Å². The summed E-state index contributed by atoms with van der Waals surface area (Å²) in [6, 6.07) is 15.2. The molecular weight excluding hydrogens is 246 g/mol. The van der Waals surface area contributed by atoms with E-state index in [1.807, 2.05) is 7.05 Å². The molecule has 20 heavy (non-hydrogen) atoms. The van der Waals surface area contributed by atoms with E-state index in [9.17, 15) is 0 Å². The largest absolute Gasteiger partial charge is 0.377 e.